The van der Waals surface area contributed by atoms with Crippen LogP contribution < -0.4 is 4.90 Å². The Labute approximate surface area is 358 Å². The van der Waals surface area contributed by atoms with Crippen LogP contribution in [0.1, 0.15) is 25.0 Å². The SMILES string of the molecule is CC1(C)c2ccccc2-c2ccc(N(c3ccc(-c4ccccc4)cc3)c3ccc(-c4nc(-c5ccc6sc7cc8ccccc8cc7c6c5)c5ccccc5n4)cc3)cc21. The van der Waals surface area contributed by atoms with Gasteiger partial charge in [0.25, 0.3) is 0 Å². The number of benzene rings is 9. The summed E-state index contributed by atoms with van der Waals surface area (Å²) in [4.78, 5) is 12.9. The second-order valence-electron chi connectivity index (χ2n) is 16.6. The summed E-state index contributed by atoms with van der Waals surface area (Å²) < 4.78 is 2.58. The van der Waals surface area contributed by atoms with Crippen molar-refractivity contribution in [3.8, 4) is 44.9 Å². The summed E-state index contributed by atoms with van der Waals surface area (Å²) in [5.41, 5.74) is 14.8. The zero-order valence-corrected chi connectivity index (χ0v) is 34.6. The van der Waals surface area contributed by atoms with Crippen molar-refractivity contribution < 1.29 is 0 Å². The van der Waals surface area contributed by atoms with Crippen molar-refractivity contribution >= 4 is 70.2 Å². The fourth-order valence-corrected chi connectivity index (χ4v) is 10.6. The summed E-state index contributed by atoms with van der Waals surface area (Å²) in [5, 5.41) is 6.11. The van der Waals surface area contributed by atoms with Crippen LogP contribution in [0.3, 0.4) is 0 Å². The number of rotatable bonds is 6. The van der Waals surface area contributed by atoms with Crippen molar-refractivity contribution in [3.05, 3.63) is 211 Å². The highest BCUT2D eigenvalue weighted by molar-refractivity contribution is 7.25. The summed E-state index contributed by atoms with van der Waals surface area (Å²) in [6.07, 6.45) is 0. The van der Waals surface area contributed by atoms with E-state index in [4.69, 9.17) is 9.97 Å². The molecule has 0 saturated heterocycles. The molecule has 4 heteroatoms. The number of thiophene rings is 1. The second kappa shape index (κ2) is 13.8. The molecule has 1 aliphatic rings. The van der Waals surface area contributed by atoms with Crippen LogP contribution in [0, 0.1) is 0 Å². The lowest BCUT2D eigenvalue weighted by molar-refractivity contribution is 0.660. The monoisotopic (exact) mass is 797 g/mol. The van der Waals surface area contributed by atoms with Crippen molar-refractivity contribution in [2.45, 2.75) is 19.3 Å². The van der Waals surface area contributed by atoms with Crippen molar-refractivity contribution in [1.29, 1.82) is 0 Å². The first kappa shape index (κ1) is 35.5. The number of hydrogen-bond donors (Lipinski definition) is 0. The van der Waals surface area contributed by atoms with Gasteiger partial charge in [-0.2, -0.15) is 0 Å². The Bertz CT molecular complexity index is 3490. The predicted molar refractivity (Wildman–Crippen MR) is 258 cm³/mol. The summed E-state index contributed by atoms with van der Waals surface area (Å²) >= 11 is 1.85. The minimum Gasteiger partial charge on any atom is -0.310 e. The number of aromatic nitrogens is 2. The third-order valence-corrected chi connectivity index (χ3v) is 13.8. The first-order chi connectivity index (χ1) is 30.0. The van der Waals surface area contributed by atoms with E-state index in [1.54, 1.807) is 0 Å². The Morgan fingerprint density at radius 3 is 1.82 bits per heavy atom. The molecule has 0 bridgehead atoms. The number of para-hydroxylation sites is 1. The van der Waals surface area contributed by atoms with Crippen LogP contribution in [0.4, 0.5) is 17.1 Å². The molecule has 3 nitrogen and oxygen atoms in total. The van der Waals surface area contributed by atoms with E-state index in [1.807, 2.05) is 11.3 Å². The maximum Gasteiger partial charge on any atom is 0.160 e. The van der Waals surface area contributed by atoms with Crippen molar-refractivity contribution in [2.24, 2.45) is 0 Å². The van der Waals surface area contributed by atoms with Crippen LogP contribution in [0.25, 0.3) is 86.7 Å². The van der Waals surface area contributed by atoms with Gasteiger partial charge in [-0.3, -0.25) is 0 Å². The van der Waals surface area contributed by atoms with Crippen LogP contribution >= 0.6 is 11.3 Å². The molecule has 9 aromatic carbocycles. The molecule has 2 heterocycles. The second-order valence-corrected chi connectivity index (χ2v) is 17.7. The van der Waals surface area contributed by atoms with Crippen molar-refractivity contribution in [2.75, 3.05) is 4.90 Å². The van der Waals surface area contributed by atoms with Gasteiger partial charge in [-0.05, 0) is 123 Å². The molecule has 0 fully saturated rings. The molecule has 0 atom stereocenters. The van der Waals surface area contributed by atoms with E-state index in [0.717, 1.165) is 44.8 Å². The molecule has 0 spiro atoms. The zero-order valence-electron chi connectivity index (χ0n) is 33.8. The first-order valence-electron chi connectivity index (χ1n) is 20.9. The Balaban J connectivity index is 0.960. The summed E-state index contributed by atoms with van der Waals surface area (Å²) in [6, 6.07) is 72.5. The fraction of sp³-hybridized carbons (Fsp3) is 0.0526. The number of hydrogen-bond acceptors (Lipinski definition) is 4. The van der Waals surface area contributed by atoms with Crippen LogP contribution in [-0.4, -0.2) is 9.97 Å². The van der Waals surface area contributed by atoms with Gasteiger partial charge in [0, 0.05) is 59.2 Å². The van der Waals surface area contributed by atoms with E-state index >= 15 is 0 Å². The number of anilines is 3. The average molecular weight is 798 g/mol. The maximum absolute atomic E-state index is 5.35. The lowest BCUT2D eigenvalue weighted by atomic mass is 9.82. The average Bonchev–Trinajstić information content (AvgIpc) is 3.78. The third-order valence-electron chi connectivity index (χ3n) is 12.7. The van der Waals surface area contributed by atoms with Gasteiger partial charge in [0.1, 0.15) is 0 Å². The molecule has 1 aliphatic carbocycles. The van der Waals surface area contributed by atoms with Gasteiger partial charge in [0.05, 0.1) is 11.2 Å². The van der Waals surface area contributed by atoms with Gasteiger partial charge in [-0.1, -0.05) is 135 Å². The van der Waals surface area contributed by atoms with Gasteiger partial charge in [-0.15, -0.1) is 11.3 Å². The summed E-state index contributed by atoms with van der Waals surface area (Å²) in [6.45, 7) is 4.69. The van der Waals surface area contributed by atoms with Crippen LogP contribution in [-0.2, 0) is 5.41 Å². The maximum atomic E-state index is 5.35. The van der Waals surface area contributed by atoms with Crippen LogP contribution in [0.2, 0.25) is 0 Å². The molecule has 0 unspecified atom stereocenters. The van der Waals surface area contributed by atoms with Gasteiger partial charge < -0.3 is 4.90 Å². The van der Waals surface area contributed by atoms with Crippen LogP contribution in [0.15, 0.2) is 200 Å². The highest BCUT2D eigenvalue weighted by Gasteiger charge is 2.35. The number of nitrogens with zero attached hydrogens (tertiary/aromatic N) is 3. The molecule has 288 valence electrons. The van der Waals surface area contributed by atoms with Gasteiger partial charge in [0.15, 0.2) is 5.82 Å². The molecule has 0 saturated carbocycles. The predicted octanol–water partition coefficient (Wildman–Crippen LogP) is 15.9. The van der Waals surface area contributed by atoms with E-state index < -0.39 is 0 Å². The first-order valence-corrected chi connectivity index (χ1v) is 21.7. The van der Waals surface area contributed by atoms with Crippen LogP contribution in [0.5, 0.6) is 0 Å². The van der Waals surface area contributed by atoms with Gasteiger partial charge in [-0.25, -0.2) is 9.97 Å². The van der Waals surface area contributed by atoms with Crippen molar-refractivity contribution in [3.63, 3.8) is 0 Å². The fourth-order valence-electron chi connectivity index (χ4n) is 9.51. The van der Waals surface area contributed by atoms with Gasteiger partial charge in [0.2, 0.25) is 0 Å². The molecular formula is C57H39N3S. The van der Waals surface area contributed by atoms with Crippen molar-refractivity contribution in [1.82, 2.24) is 9.97 Å². The molecule has 0 aliphatic heterocycles. The standard InChI is InChI=1S/C57H39N3S/c1-57(2)50-18-10-8-16-45(50)46-30-29-44(35-51(46)57)60(42-25-20-37(21-26-42)36-12-4-3-5-13-36)43-27-22-38(23-28-43)56-58-52-19-11-9-17-47(52)55(59-56)41-24-31-53-48(33-41)49-32-39-14-6-7-15-40(39)34-54(49)61-53/h3-35H,1-2H3. The van der Waals surface area contributed by atoms with E-state index in [1.165, 1.54) is 64.3 Å². The Morgan fingerprint density at radius 2 is 1.02 bits per heavy atom. The summed E-state index contributed by atoms with van der Waals surface area (Å²) in [5.74, 6) is 0.706. The topological polar surface area (TPSA) is 29.0 Å². The molecule has 0 radical (unpaired) electrons. The molecule has 2 aromatic heterocycles. The molecule has 0 amide bonds. The molecular weight excluding hydrogens is 759 g/mol. The highest BCUT2D eigenvalue weighted by Crippen LogP contribution is 2.51. The number of fused-ring (bicyclic) bond motifs is 8. The molecule has 11 aromatic rings. The minimum absolute atomic E-state index is 0.116. The van der Waals surface area contributed by atoms with E-state index in [9.17, 15) is 0 Å². The Kier molecular flexibility index (Phi) is 8.06. The lowest BCUT2D eigenvalue weighted by Gasteiger charge is -2.28. The zero-order chi connectivity index (χ0) is 40.7. The molecule has 0 N–H and O–H groups in total. The van der Waals surface area contributed by atoms with Gasteiger partial charge >= 0.3 is 0 Å². The normalized spacial score (nSPS) is 12.9. The smallest absolute Gasteiger partial charge is 0.160 e. The Morgan fingerprint density at radius 1 is 0.410 bits per heavy atom. The largest absolute Gasteiger partial charge is 0.310 e. The van der Waals surface area contributed by atoms with E-state index in [-0.39, 0.29) is 5.41 Å². The van der Waals surface area contributed by atoms with E-state index in [2.05, 4.69) is 219 Å². The quantitative estimate of drug-likeness (QED) is 0.168. The summed E-state index contributed by atoms with van der Waals surface area (Å²) in [7, 11) is 0. The molecule has 12 rings (SSSR count). The lowest BCUT2D eigenvalue weighted by Crippen LogP contribution is -2.16. The highest BCUT2D eigenvalue weighted by atomic mass is 32.1. The Hall–Kier alpha value is -7.40. The third kappa shape index (κ3) is 5.86. The minimum atomic E-state index is -0.116. The van der Waals surface area contributed by atoms with E-state index in [0.29, 0.717) is 5.82 Å². The molecule has 61 heavy (non-hydrogen) atoms.